The highest BCUT2D eigenvalue weighted by atomic mass is 16.2. The molecule has 2 amide bonds. The predicted molar refractivity (Wildman–Crippen MR) is 124 cm³/mol. The molecule has 32 heavy (non-hydrogen) atoms. The first kappa shape index (κ1) is 20.5. The van der Waals surface area contributed by atoms with Crippen LogP contribution in [0.1, 0.15) is 54.3 Å². The van der Waals surface area contributed by atoms with E-state index in [9.17, 15) is 9.59 Å². The van der Waals surface area contributed by atoms with E-state index >= 15 is 0 Å². The van der Waals surface area contributed by atoms with Gasteiger partial charge in [0.1, 0.15) is 5.69 Å². The number of benzene rings is 2. The third kappa shape index (κ3) is 3.13. The first-order chi connectivity index (χ1) is 15.5. The van der Waals surface area contributed by atoms with Gasteiger partial charge in [-0.3, -0.25) is 14.3 Å². The van der Waals surface area contributed by atoms with Gasteiger partial charge in [0, 0.05) is 24.5 Å². The second-order valence-electron chi connectivity index (χ2n) is 9.01. The molecule has 1 aromatic heterocycles. The third-order valence-electron chi connectivity index (χ3n) is 6.94. The Morgan fingerprint density at radius 1 is 1.12 bits per heavy atom. The third-order valence-corrected chi connectivity index (χ3v) is 6.94. The van der Waals surface area contributed by atoms with Gasteiger partial charge in [-0.1, -0.05) is 48.5 Å². The summed E-state index contributed by atoms with van der Waals surface area (Å²) in [7, 11) is 0. The van der Waals surface area contributed by atoms with E-state index in [-0.39, 0.29) is 23.9 Å². The monoisotopic (exact) mass is 428 g/mol. The highest BCUT2D eigenvalue weighted by molar-refractivity contribution is 6.08. The average molecular weight is 429 g/mol. The molecule has 3 aromatic rings. The van der Waals surface area contributed by atoms with Crippen molar-refractivity contribution in [3.05, 3.63) is 83.7 Å². The maximum absolute atomic E-state index is 13.7. The molecule has 2 aliphatic heterocycles. The molecule has 2 atom stereocenters. The number of hydrogen-bond donors (Lipinski definition) is 1. The van der Waals surface area contributed by atoms with Crippen LogP contribution in [0.5, 0.6) is 0 Å². The molecule has 2 aromatic carbocycles. The van der Waals surface area contributed by atoms with E-state index in [1.807, 2.05) is 61.2 Å². The molecule has 6 heteroatoms. The average Bonchev–Trinajstić information content (AvgIpc) is 3.50. The van der Waals surface area contributed by atoms with Gasteiger partial charge in [-0.25, -0.2) is 0 Å². The van der Waals surface area contributed by atoms with Crippen molar-refractivity contribution in [3.63, 3.8) is 0 Å². The molecular formula is C26H28N4O2. The summed E-state index contributed by atoms with van der Waals surface area (Å²) in [5, 5.41) is 7.44. The van der Waals surface area contributed by atoms with E-state index in [1.54, 1.807) is 16.9 Å². The Balaban J connectivity index is 1.54. The lowest BCUT2D eigenvalue weighted by Crippen LogP contribution is -2.49. The van der Waals surface area contributed by atoms with Crippen LogP contribution < -0.4 is 5.32 Å². The van der Waals surface area contributed by atoms with E-state index in [0.717, 1.165) is 17.7 Å². The molecule has 164 valence electrons. The number of rotatable bonds is 5. The van der Waals surface area contributed by atoms with Crippen molar-refractivity contribution >= 4 is 17.5 Å². The molecule has 0 bridgehead atoms. The summed E-state index contributed by atoms with van der Waals surface area (Å²) < 4.78 is 1.77. The standard InChI is InChI=1S/C26H28N4O2/c1-18(2)30-22(14-16-27-30)24(31)29-17-15-26(20-10-6-7-11-21(20)28-25(26)32)23(29)13-12-19-8-4-3-5-9-19/h3-11,14,16,18,23H,12-13,15,17H2,1-2H3,(H,28,32)/t23-,26+/m0/s1. The van der Waals surface area contributed by atoms with Crippen LogP contribution in [-0.2, 0) is 16.6 Å². The molecule has 0 saturated carbocycles. The number of aryl methyl sites for hydroxylation is 1. The van der Waals surface area contributed by atoms with Crippen molar-refractivity contribution in [2.75, 3.05) is 11.9 Å². The second-order valence-corrected chi connectivity index (χ2v) is 9.01. The zero-order valence-electron chi connectivity index (χ0n) is 18.5. The number of anilines is 1. The first-order valence-corrected chi connectivity index (χ1v) is 11.3. The number of nitrogens with one attached hydrogen (secondary N) is 1. The maximum Gasteiger partial charge on any atom is 0.272 e. The quantitative estimate of drug-likeness (QED) is 0.662. The van der Waals surface area contributed by atoms with Gasteiger partial charge >= 0.3 is 0 Å². The summed E-state index contributed by atoms with van der Waals surface area (Å²) in [5.41, 5.74) is 2.94. The first-order valence-electron chi connectivity index (χ1n) is 11.3. The highest BCUT2D eigenvalue weighted by Crippen LogP contribution is 2.49. The van der Waals surface area contributed by atoms with Gasteiger partial charge in [0.25, 0.3) is 5.91 Å². The number of hydrogen-bond acceptors (Lipinski definition) is 3. The fourth-order valence-corrected chi connectivity index (χ4v) is 5.44. The normalized spacial score (nSPS) is 21.9. The summed E-state index contributed by atoms with van der Waals surface area (Å²) in [4.78, 5) is 29.1. The zero-order valence-corrected chi connectivity index (χ0v) is 18.5. The predicted octanol–water partition coefficient (Wildman–Crippen LogP) is 4.20. The highest BCUT2D eigenvalue weighted by Gasteiger charge is 2.58. The van der Waals surface area contributed by atoms with Gasteiger partial charge in [-0.2, -0.15) is 5.10 Å². The molecule has 0 radical (unpaired) electrons. The van der Waals surface area contributed by atoms with Crippen molar-refractivity contribution in [2.45, 2.75) is 50.6 Å². The number of carbonyl (C=O) groups excluding carboxylic acids is 2. The number of para-hydroxylation sites is 1. The molecule has 0 unspecified atom stereocenters. The minimum Gasteiger partial charge on any atom is -0.333 e. The van der Waals surface area contributed by atoms with Crippen molar-refractivity contribution in [1.82, 2.24) is 14.7 Å². The number of fused-ring (bicyclic) bond motifs is 2. The lowest BCUT2D eigenvalue weighted by molar-refractivity contribution is -0.121. The number of nitrogens with zero attached hydrogens (tertiary/aromatic N) is 3. The Morgan fingerprint density at radius 3 is 2.66 bits per heavy atom. The summed E-state index contributed by atoms with van der Waals surface area (Å²) in [6, 6.07) is 19.8. The van der Waals surface area contributed by atoms with Crippen molar-refractivity contribution < 1.29 is 9.59 Å². The van der Waals surface area contributed by atoms with E-state index in [2.05, 4.69) is 22.5 Å². The van der Waals surface area contributed by atoms with Crippen molar-refractivity contribution in [1.29, 1.82) is 0 Å². The van der Waals surface area contributed by atoms with Gasteiger partial charge in [0.05, 0.1) is 11.5 Å². The molecule has 1 fully saturated rings. The van der Waals surface area contributed by atoms with E-state index in [4.69, 9.17) is 0 Å². The van der Waals surface area contributed by atoms with Crippen LogP contribution in [0.15, 0.2) is 66.9 Å². The zero-order chi connectivity index (χ0) is 22.3. The van der Waals surface area contributed by atoms with E-state index in [0.29, 0.717) is 25.1 Å². The largest absolute Gasteiger partial charge is 0.333 e. The number of amides is 2. The van der Waals surface area contributed by atoms with Crippen LogP contribution in [0.25, 0.3) is 0 Å². The van der Waals surface area contributed by atoms with Crippen LogP contribution in [0, 0.1) is 0 Å². The van der Waals surface area contributed by atoms with E-state index in [1.165, 1.54) is 5.56 Å². The molecule has 1 spiro atoms. The van der Waals surface area contributed by atoms with Gasteiger partial charge in [0.2, 0.25) is 5.91 Å². The molecule has 1 saturated heterocycles. The fourth-order valence-electron chi connectivity index (χ4n) is 5.44. The van der Waals surface area contributed by atoms with E-state index < -0.39 is 5.41 Å². The topological polar surface area (TPSA) is 67.2 Å². The summed E-state index contributed by atoms with van der Waals surface area (Å²) in [5.74, 6) is -0.0484. The van der Waals surface area contributed by atoms with Gasteiger partial charge in [0.15, 0.2) is 0 Å². The van der Waals surface area contributed by atoms with Crippen LogP contribution in [0.3, 0.4) is 0 Å². The molecule has 0 aliphatic carbocycles. The van der Waals surface area contributed by atoms with Gasteiger partial charge in [-0.05, 0) is 56.4 Å². The minimum atomic E-state index is -0.719. The number of likely N-dealkylation sites (tertiary alicyclic amines) is 1. The second kappa shape index (κ2) is 7.93. The van der Waals surface area contributed by atoms with Crippen LogP contribution in [-0.4, -0.2) is 39.1 Å². The maximum atomic E-state index is 13.7. The smallest absolute Gasteiger partial charge is 0.272 e. The van der Waals surface area contributed by atoms with Crippen LogP contribution in [0.2, 0.25) is 0 Å². The fraction of sp³-hybridized carbons (Fsp3) is 0.346. The Kier molecular flexibility index (Phi) is 5.08. The Hall–Kier alpha value is -3.41. The van der Waals surface area contributed by atoms with Crippen molar-refractivity contribution in [3.8, 4) is 0 Å². The van der Waals surface area contributed by atoms with Crippen molar-refractivity contribution in [2.24, 2.45) is 0 Å². The SMILES string of the molecule is CC(C)n1nccc1C(=O)N1CC[C@]2(C(=O)Nc3ccccc32)[C@@H]1CCc1ccccc1. The number of carbonyl (C=O) groups is 2. The Morgan fingerprint density at radius 2 is 1.88 bits per heavy atom. The molecule has 1 N–H and O–H groups in total. The lowest BCUT2D eigenvalue weighted by atomic mass is 9.73. The Bertz CT molecular complexity index is 1150. The summed E-state index contributed by atoms with van der Waals surface area (Å²) in [6.45, 7) is 4.58. The molecule has 3 heterocycles. The van der Waals surface area contributed by atoms with Crippen LogP contribution >= 0.6 is 0 Å². The summed E-state index contributed by atoms with van der Waals surface area (Å²) >= 11 is 0. The van der Waals surface area contributed by atoms with Crippen LogP contribution in [0.4, 0.5) is 5.69 Å². The lowest BCUT2D eigenvalue weighted by Gasteiger charge is -2.34. The molecule has 6 nitrogen and oxygen atoms in total. The number of aromatic nitrogens is 2. The van der Waals surface area contributed by atoms with Gasteiger partial charge in [-0.15, -0.1) is 0 Å². The summed E-state index contributed by atoms with van der Waals surface area (Å²) in [6.07, 6.45) is 3.82. The molecule has 5 rings (SSSR count). The molecular weight excluding hydrogens is 400 g/mol. The Labute approximate surface area is 188 Å². The molecule has 2 aliphatic rings. The minimum absolute atomic E-state index is 0.00410. The van der Waals surface area contributed by atoms with Gasteiger partial charge < -0.3 is 10.2 Å².